The molecular weight excluding hydrogens is 263 g/mol. The first kappa shape index (κ1) is 15.7. The smallest absolute Gasteiger partial charge is 0.0741 e. The lowest BCUT2D eigenvalue weighted by molar-refractivity contribution is 0.238. The van der Waals surface area contributed by atoms with E-state index in [-0.39, 0.29) is 0 Å². The highest BCUT2D eigenvalue weighted by Gasteiger charge is 2.42. The molecule has 20 heavy (non-hydrogen) atoms. The number of hydrogen-bond donors (Lipinski definition) is 0. The lowest BCUT2D eigenvalue weighted by atomic mass is 9.77. The van der Waals surface area contributed by atoms with Crippen LogP contribution in [0, 0.1) is 24.7 Å². The van der Waals surface area contributed by atoms with Gasteiger partial charge in [0.1, 0.15) is 0 Å². The maximum atomic E-state index is 12.9. The maximum absolute atomic E-state index is 12.9. The molecular formula is C18H28OP+. The normalized spacial score (nSPS) is 27.6. The van der Waals surface area contributed by atoms with Gasteiger partial charge >= 0.3 is 7.80 Å². The van der Waals surface area contributed by atoms with Crippen molar-refractivity contribution >= 4 is 7.80 Å². The van der Waals surface area contributed by atoms with Crippen LogP contribution in [0.4, 0.5) is 0 Å². The van der Waals surface area contributed by atoms with E-state index in [1.54, 1.807) is 0 Å². The number of aryl methyl sites for hydroxylation is 1. The van der Waals surface area contributed by atoms with Gasteiger partial charge in [-0.1, -0.05) is 61.6 Å². The summed E-state index contributed by atoms with van der Waals surface area (Å²) in [5, 5.41) is 0. The van der Waals surface area contributed by atoms with E-state index in [1.807, 2.05) is 0 Å². The van der Waals surface area contributed by atoms with Crippen LogP contribution in [0.3, 0.4) is 0 Å². The topological polar surface area (TPSA) is 17.1 Å². The van der Waals surface area contributed by atoms with Gasteiger partial charge < -0.3 is 0 Å². The van der Waals surface area contributed by atoms with E-state index in [4.69, 9.17) is 0 Å². The lowest BCUT2D eigenvalue weighted by Crippen LogP contribution is -2.29. The summed E-state index contributed by atoms with van der Waals surface area (Å²) in [6, 6.07) is 8.53. The van der Waals surface area contributed by atoms with Crippen molar-refractivity contribution < 1.29 is 4.57 Å². The maximum Gasteiger partial charge on any atom is 0.346 e. The fraction of sp³-hybridized carbons (Fsp3) is 0.667. The Morgan fingerprint density at radius 3 is 2.45 bits per heavy atom. The van der Waals surface area contributed by atoms with E-state index in [1.165, 1.54) is 24.0 Å². The predicted molar refractivity (Wildman–Crippen MR) is 87.6 cm³/mol. The van der Waals surface area contributed by atoms with E-state index in [2.05, 4.69) is 52.0 Å². The summed E-state index contributed by atoms with van der Waals surface area (Å²) >= 11 is 0. The number of rotatable bonds is 4. The van der Waals surface area contributed by atoms with Crippen LogP contribution in [0.5, 0.6) is 0 Å². The summed E-state index contributed by atoms with van der Waals surface area (Å²) in [4.78, 5) is 0. The highest BCUT2D eigenvalue weighted by Crippen LogP contribution is 2.48. The van der Waals surface area contributed by atoms with Crippen LogP contribution in [-0.4, -0.2) is 5.66 Å². The Labute approximate surface area is 125 Å². The van der Waals surface area contributed by atoms with Crippen molar-refractivity contribution in [2.45, 2.75) is 58.8 Å². The van der Waals surface area contributed by atoms with E-state index < -0.39 is 7.80 Å². The van der Waals surface area contributed by atoms with Gasteiger partial charge in [-0.3, -0.25) is 0 Å². The summed E-state index contributed by atoms with van der Waals surface area (Å²) in [5.74, 6) is 2.05. The van der Waals surface area contributed by atoms with Crippen LogP contribution in [0.25, 0.3) is 0 Å². The van der Waals surface area contributed by atoms with Gasteiger partial charge in [0, 0.05) is 5.92 Å². The van der Waals surface area contributed by atoms with Gasteiger partial charge in [-0.2, -0.15) is 0 Å². The standard InChI is InChI=1S/C18H28OP/c1-13(2)17-10-7-15(4)11-18(17)20(19)12-16-8-5-14(3)6-9-16/h5-6,8-9,13,15,17-18H,7,10-12H2,1-4H3/q+1. The molecule has 1 aliphatic carbocycles. The molecule has 0 aliphatic heterocycles. The first-order valence-corrected chi connectivity index (χ1v) is 9.48. The fourth-order valence-corrected chi connectivity index (χ4v) is 5.79. The molecule has 0 radical (unpaired) electrons. The van der Waals surface area contributed by atoms with Crippen molar-refractivity contribution in [2.24, 2.45) is 17.8 Å². The summed E-state index contributed by atoms with van der Waals surface area (Å²) < 4.78 is 12.9. The summed E-state index contributed by atoms with van der Waals surface area (Å²) in [5.41, 5.74) is 2.93. The number of benzene rings is 1. The average Bonchev–Trinajstić information content (AvgIpc) is 2.41. The zero-order chi connectivity index (χ0) is 14.7. The van der Waals surface area contributed by atoms with Crippen LogP contribution in [0.15, 0.2) is 24.3 Å². The average molecular weight is 291 g/mol. The Morgan fingerprint density at radius 1 is 1.20 bits per heavy atom. The molecule has 1 aromatic rings. The van der Waals surface area contributed by atoms with Crippen LogP contribution in [0.2, 0.25) is 0 Å². The molecule has 1 nitrogen and oxygen atoms in total. The van der Waals surface area contributed by atoms with Crippen molar-refractivity contribution in [3.8, 4) is 0 Å². The highest BCUT2D eigenvalue weighted by atomic mass is 31.1. The second-order valence-corrected chi connectivity index (χ2v) is 8.77. The van der Waals surface area contributed by atoms with Crippen LogP contribution in [-0.2, 0) is 10.7 Å². The lowest BCUT2D eigenvalue weighted by Gasteiger charge is -2.31. The summed E-state index contributed by atoms with van der Waals surface area (Å²) in [6.07, 6.45) is 4.49. The Hall–Kier alpha value is -0.680. The zero-order valence-corrected chi connectivity index (χ0v) is 14.2. The molecule has 1 saturated carbocycles. The minimum absolute atomic E-state index is 0.426. The minimum Gasteiger partial charge on any atom is -0.0741 e. The van der Waals surface area contributed by atoms with Gasteiger partial charge in [0.15, 0.2) is 11.8 Å². The third-order valence-corrected chi connectivity index (χ3v) is 6.83. The summed E-state index contributed by atoms with van der Waals surface area (Å²) in [7, 11) is -1.13. The van der Waals surface area contributed by atoms with Crippen LogP contribution >= 0.6 is 7.80 Å². The molecule has 1 aliphatic rings. The first-order chi connectivity index (χ1) is 9.47. The van der Waals surface area contributed by atoms with Gasteiger partial charge in [-0.05, 0) is 37.2 Å². The molecule has 0 N–H and O–H groups in total. The molecule has 4 unspecified atom stereocenters. The molecule has 110 valence electrons. The summed E-state index contributed by atoms with van der Waals surface area (Å²) in [6.45, 7) is 9.01. The zero-order valence-electron chi connectivity index (χ0n) is 13.3. The van der Waals surface area contributed by atoms with Crippen molar-refractivity contribution in [3.63, 3.8) is 0 Å². The number of hydrogen-bond acceptors (Lipinski definition) is 1. The van der Waals surface area contributed by atoms with E-state index >= 15 is 0 Å². The Kier molecular flexibility index (Phi) is 5.38. The van der Waals surface area contributed by atoms with Crippen molar-refractivity contribution in [3.05, 3.63) is 35.4 Å². The first-order valence-electron chi connectivity index (χ1n) is 7.96. The molecule has 1 aromatic carbocycles. The molecule has 0 bridgehead atoms. The van der Waals surface area contributed by atoms with E-state index in [0.29, 0.717) is 17.5 Å². The fourth-order valence-electron chi connectivity index (χ4n) is 3.47. The second-order valence-electron chi connectivity index (χ2n) is 6.95. The van der Waals surface area contributed by atoms with E-state index in [9.17, 15) is 4.57 Å². The quantitative estimate of drug-likeness (QED) is 0.642. The highest BCUT2D eigenvalue weighted by molar-refractivity contribution is 7.44. The third-order valence-electron chi connectivity index (χ3n) is 4.82. The molecule has 1 fully saturated rings. The molecule has 4 atom stereocenters. The molecule has 0 heterocycles. The molecule has 0 saturated heterocycles. The molecule has 0 aromatic heterocycles. The minimum atomic E-state index is -1.13. The van der Waals surface area contributed by atoms with Gasteiger partial charge in [-0.15, -0.1) is 0 Å². The largest absolute Gasteiger partial charge is 0.346 e. The molecule has 2 rings (SSSR count). The van der Waals surface area contributed by atoms with Crippen LogP contribution in [0.1, 0.15) is 51.2 Å². The van der Waals surface area contributed by atoms with Crippen molar-refractivity contribution in [1.29, 1.82) is 0 Å². The van der Waals surface area contributed by atoms with Gasteiger partial charge in [-0.25, -0.2) is 0 Å². The second kappa shape index (κ2) is 6.85. The third kappa shape index (κ3) is 3.92. The molecule has 0 amide bonds. The Bertz CT molecular complexity index is 449. The Balaban J connectivity index is 2.07. The SMILES string of the molecule is Cc1ccc(C[P+](=O)C2CC(C)CCC2C(C)C)cc1. The van der Waals surface area contributed by atoms with E-state index in [0.717, 1.165) is 18.5 Å². The monoisotopic (exact) mass is 291 g/mol. The Morgan fingerprint density at radius 2 is 1.85 bits per heavy atom. The molecule has 2 heteroatoms. The van der Waals surface area contributed by atoms with Gasteiger partial charge in [0.25, 0.3) is 0 Å². The molecule has 0 spiro atoms. The van der Waals surface area contributed by atoms with Gasteiger partial charge in [0.2, 0.25) is 0 Å². The van der Waals surface area contributed by atoms with Crippen molar-refractivity contribution in [2.75, 3.05) is 0 Å². The van der Waals surface area contributed by atoms with Gasteiger partial charge in [0.05, 0.1) is 0 Å². The predicted octanol–water partition coefficient (Wildman–Crippen LogP) is 5.78. The van der Waals surface area contributed by atoms with Crippen LogP contribution < -0.4 is 0 Å². The van der Waals surface area contributed by atoms with Crippen molar-refractivity contribution in [1.82, 2.24) is 0 Å².